The number of benzene rings is 1. The first kappa shape index (κ1) is 11.7. The van der Waals surface area contributed by atoms with Gasteiger partial charge in [-0.25, -0.2) is 8.78 Å². The zero-order valence-corrected chi connectivity index (χ0v) is 8.99. The molecule has 17 heavy (non-hydrogen) atoms. The third-order valence-corrected chi connectivity index (χ3v) is 2.40. The lowest BCUT2D eigenvalue weighted by Crippen LogP contribution is -2.20. The van der Waals surface area contributed by atoms with Crippen LogP contribution in [0.1, 0.15) is 12.8 Å². The second-order valence-electron chi connectivity index (χ2n) is 3.68. The van der Waals surface area contributed by atoms with Crippen LogP contribution in [0.25, 0.3) is 0 Å². The predicted molar refractivity (Wildman–Crippen MR) is 59.6 cm³/mol. The Morgan fingerprint density at radius 2 is 2.18 bits per heavy atom. The highest BCUT2D eigenvalue weighted by Gasteiger charge is 2.26. The maximum atomic E-state index is 13.5. The smallest absolute Gasteiger partial charge is 0.253 e. The zero-order valence-electron chi connectivity index (χ0n) is 8.99. The number of hydrogen-bond acceptors (Lipinski definition) is 3. The van der Waals surface area contributed by atoms with Crippen molar-refractivity contribution in [3.8, 4) is 0 Å². The van der Waals surface area contributed by atoms with E-state index in [0.29, 0.717) is 18.7 Å². The van der Waals surface area contributed by atoms with Gasteiger partial charge in [0, 0.05) is 18.2 Å². The molecule has 2 rings (SSSR count). The van der Waals surface area contributed by atoms with Gasteiger partial charge in [0.2, 0.25) is 0 Å². The van der Waals surface area contributed by atoms with Gasteiger partial charge in [0.15, 0.2) is 5.82 Å². The number of hydrogen-bond donors (Lipinski definition) is 1. The topological polar surface area (TPSA) is 58.7 Å². The quantitative estimate of drug-likeness (QED) is 0.866. The Morgan fingerprint density at radius 1 is 1.41 bits per heavy atom. The number of halogens is 2. The van der Waals surface area contributed by atoms with Gasteiger partial charge in [-0.2, -0.15) is 10.1 Å². The molecule has 0 bridgehead atoms. The van der Waals surface area contributed by atoms with Crippen molar-refractivity contribution in [1.82, 2.24) is 0 Å². The maximum absolute atomic E-state index is 13.5. The van der Waals surface area contributed by atoms with Gasteiger partial charge in [0.1, 0.15) is 11.5 Å². The van der Waals surface area contributed by atoms with Crippen molar-refractivity contribution in [1.29, 1.82) is 0 Å². The highest BCUT2D eigenvalue weighted by Crippen LogP contribution is 2.24. The first-order valence-corrected chi connectivity index (χ1v) is 5.16. The number of carbonyl (C=O) groups excluding carboxylic acids is 1. The lowest BCUT2D eigenvalue weighted by Gasteiger charge is -2.12. The molecule has 0 aliphatic carbocycles. The summed E-state index contributed by atoms with van der Waals surface area (Å²) < 4.78 is 26.2. The molecule has 1 aromatic rings. The summed E-state index contributed by atoms with van der Waals surface area (Å²) in [6.07, 6.45) is 0.624. The van der Waals surface area contributed by atoms with E-state index in [1.54, 1.807) is 0 Å². The summed E-state index contributed by atoms with van der Waals surface area (Å²) in [5.74, 6) is -1.83. The van der Waals surface area contributed by atoms with Gasteiger partial charge < -0.3 is 5.73 Å². The van der Waals surface area contributed by atoms with Crippen LogP contribution in [0.4, 0.5) is 14.5 Å². The zero-order chi connectivity index (χ0) is 12.4. The molecule has 1 aromatic carbocycles. The van der Waals surface area contributed by atoms with Crippen molar-refractivity contribution in [2.45, 2.75) is 12.8 Å². The summed E-state index contributed by atoms with van der Waals surface area (Å²) in [5.41, 5.74) is 5.93. The SMILES string of the molecule is NCCC1=NN(c2ccc(F)cc2F)C(=O)C1. The average Bonchev–Trinajstić information content (AvgIpc) is 2.60. The molecule has 0 unspecified atom stereocenters. The third kappa shape index (κ3) is 2.31. The summed E-state index contributed by atoms with van der Waals surface area (Å²) in [5, 5.41) is 4.94. The minimum atomic E-state index is -0.809. The summed E-state index contributed by atoms with van der Waals surface area (Å²) >= 11 is 0. The molecular formula is C11H11F2N3O. The molecule has 90 valence electrons. The first-order chi connectivity index (χ1) is 8.11. The molecule has 2 N–H and O–H groups in total. The van der Waals surface area contributed by atoms with Crippen molar-refractivity contribution in [3.05, 3.63) is 29.8 Å². The van der Waals surface area contributed by atoms with Gasteiger partial charge in [-0.3, -0.25) is 4.79 Å². The Hall–Kier alpha value is -1.82. The molecule has 0 atom stereocenters. The van der Waals surface area contributed by atoms with Crippen molar-refractivity contribution < 1.29 is 13.6 Å². The van der Waals surface area contributed by atoms with Gasteiger partial charge in [0.25, 0.3) is 5.91 Å². The Balaban J connectivity index is 2.30. The number of nitrogens with two attached hydrogens (primary N) is 1. The van der Waals surface area contributed by atoms with Crippen molar-refractivity contribution in [2.24, 2.45) is 10.8 Å². The van der Waals surface area contributed by atoms with Gasteiger partial charge in [-0.15, -0.1) is 0 Å². The van der Waals surface area contributed by atoms with Crippen molar-refractivity contribution >= 4 is 17.3 Å². The summed E-state index contributed by atoms with van der Waals surface area (Å²) in [6.45, 7) is 0.381. The van der Waals surface area contributed by atoms with E-state index in [-0.39, 0.29) is 18.0 Å². The van der Waals surface area contributed by atoms with Crippen molar-refractivity contribution in [2.75, 3.05) is 11.6 Å². The van der Waals surface area contributed by atoms with Crippen LogP contribution < -0.4 is 10.7 Å². The standard InChI is InChI=1S/C11H11F2N3O/c12-7-1-2-10(9(13)5-7)16-11(17)6-8(15-16)3-4-14/h1-2,5H,3-4,6,14H2. The highest BCUT2D eigenvalue weighted by molar-refractivity contribution is 6.13. The lowest BCUT2D eigenvalue weighted by molar-refractivity contribution is -0.116. The van der Waals surface area contributed by atoms with E-state index >= 15 is 0 Å². The summed E-state index contributed by atoms with van der Waals surface area (Å²) in [7, 11) is 0. The molecule has 1 heterocycles. The largest absolute Gasteiger partial charge is 0.330 e. The van der Waals surface area contributed by atoms with Gasteiger partial charge >= 0.3 is 0 Å². The molecule has 0 spiro atoms. The fourth-order valence-corrected chi connectivity index (χ4v) is 1.63. The van der Waals surface area contributed by atoms with E-state index in [1.165, 1.54) is 6.07 Å². The second-order valence-corrected chi connectivity index (χ2v) is 3.68. The Bertz CT molecular complexity index is 488. The van der Waals surface area contributed by atoms with Crippen LogP contribution in [-0.4, -0.2) is 18.2 Å². The van der Waals surface area contributed by atoms with Crippen molar-refractivity contribution in [3.63, 3.8) is 0 Å². The van der Waals surface area contributed by atoms with E-state index in [0.717, 1.165) is 17.1 Å². The lowest BCUT2D eigenvalue weighted by atomic mass is 10.2. The summed E-state index contributed by atoms with van der Waals surface area (Å²) in [4.78, 5) is 11.6. The van der Waals surface area contributed by atoms with Gasteiger partial charge in [-0.05, 0) is 18.7 Å². The van der Waals surface area contributed by atoms with Gasteiger partial charge in [-0.1, -0.05) is 0 Å². The number of hydrazone groups is 1. The third-order valence-electron chi connectivity index (χ3n) is 2.40. The van der Waals surface area contributed by atoms with E-state index < -0.39 is 11.6 Å². The van der Waals surface area contributed by atoms with Crippen LogP contribution in [0.3, 0.4) is 0 Å². The van der Waals surface area contributed by atoms with Gasteiger partial charge in [0.05, 0.1) is 6.42 Å². The molecule has 0 fully saturated rings. The molecule has 0 saturated heterocycles. The van der Waals surface area contributed by atoms with E-state index in [2.05, 4.69) is 5.10 Å². The second kappa shape index (κ2) is 4.58. The molecule has 6 heteroatoms. The van der Waals surface area contributed by atoms with E-state index in [1.807, 2.05) is 0 Å². The monoisotopic (exact) mass is 239 g/mol. The molecule has 0 aromatic heterocycles. The fourth-order valence-electron chi connectivity index (χ4n) is 1.63. The van der Waals surface area contributed by atoms with E-state index in [4.69, 9.17) is 5.73 Å². The first-order valence-electron chi connectivity index (χ1n) is 5.16. The minimum Gasteiger partial charge on any atom is -0.330 e. The summed E-state index contributed by atoms with van der Waals surface area (Å²) in [6, 6.07) is 3.00. The predicted octanol–water partition coefficient (Wildman–Crippen LogP) is 1.41. The molecule has 1 amide bonds. The molecule has 0 saturated carbocycles. The van der Waals surface area contributed by atoms with Crippen LogP contribution in [-0.2, 0) is 4.79 Å². The molecule has 0 radical (unpaired) electrons. The minimum absolute atomic E-state index is 0.0385. The Morgan fingerprint density at radius 3 is 2.82 bits per heavy atom. The molecular weight excluding hydrogens is 228 g/mol. The molecule has 4 nitrogen and oxygen atoms in total. The van der Waals surface area contributed by atoms with Crippen LogP contribution in [0.15, 0.2) is 23.3 Å². The fraction of sp³-hybridized carbons (Fsp3) is 0.273. The maximum Gasteiger partial charge on any atom is 0.253 e. The number of rotatable bonds is 3. The van der Waals surface area contributed by atoms with Crippen LogP contribution in [0.5, 0.6) is 0 Å². The molecule has 1 aliphatic rings. The average molecular weight is 239 g/mol. The number of nitrogens with zero attached hydrogens (tertiary/aromatic N) is 2. The normalized spacial score (nSPS) is 15.4. The highest BCUT2D eigenvalue weighted by atomic mass is 19.1. The Kier molecular flexibility index (Phi) is 3.14. The van der Waals surface area contributed by atoms with E-state index in [9.17, 15) is 13.6 Å². The molecule has 1 aliphatic heterocycles. The number of anilines is 1. The van der Waals surface area contributed by atoms with Crippen LogP contribution >= 0.6 is 0 Å². The number of carbonyl (C=O) groups is 1. The van der Waals surface area contributed by atoms with Crippen LogP contribution in [0.2, 0.25) is 0 Å². The van der Waals surface area contributed by atoms with Crippen LogP contribution in [0, 0.1) is 11.6 Å². The number of amides is 1. The Labute approximate surface area is 96.7 Å².